The molecule has 0 aliphatic carbocycles. The molecule has 0 saturated heterocycles. The minimum Gasteiger partial charge on any atom is -0.368 e. The Balaban J connectivity index is -0.0000000267. The van der Waals surface area contributed by atoms with Crippen LogP contribution in [0.5, 0.6) is 0 Å². The van der Waals surface area contributed by atoms with Gasteiger partial charge in [0.2, 0.25) is 0 Å². The number of hydrogen-bond acceptors (Lipinski definition) is 4. The first kappa shape index (κ1) is 22.7. The fourth-order valence-electron chi connectivity index (χ4n) is 0. The van der Waals surface area contributed by atoms with Gasteiger partial charge in [-0.05, 0) is 0 Å². The van der Waals surface area contributed by atoms with Gasteiger partial charge in [0.1, 0.15) is 0 Å². The van der Waals surface area contributed by atoms with Crippen molar-refractivity contribution < 1.29 is 36.3 Å². The Bertz CT molecular complexity index is 31.5. The van der Waals surface area contributed by atoms with Crippen molar-refractivity contribution in [3.05, 3.63) is 0 Å². The Morgan fingerprint density at radius 3 is 0.875 bits per heavy atom. The Kier molecular flexibility index (Phi) is 23.9. The second-order valence-electron chi connectivity index (χ2n) is 0.600. The summed E-state index contributed by atoms with van der Waals surface area (Å²) in [5.41, 5.74) is 0. The van der Waals surface area contributed by atoms with Crippen LogP contribution in [0.25, 0.3) is 0 Å². The topological polar surface area (TPSA) is 80.9 Å². The van der Waals surface area contributed by atoms with E-state index in [1.165, 1.54) is 0 Å². The van der Waals surface area contributed by atoms with E-state index in [9.17, 15) is 0 Å². The molecule has 0 bridgehead atoms. The number of halogens is 1. The van der Waals surface area contributed by atoms with Crippen LogP contribution in [0.3, 0.4) is 0 Å². The van der Waals surface area contributed by atoms with Gasteiger partial charge in [0.05, 0.1) is 0 Å². The summed E-state index contributed by atoms with van der Waals surface area (Å²) in [5.74, 6) is 0. The van der Waals surface area contributed by atoms with Crippen LogP contribution in [0, 0.1) is 0 Å². The Morgan fingerprint density at radius 2 is 0.875 bits per heavy atom. The molecule has 4 N–H and O–H groups in total. The van der Waals surface area contributed by atoms with Crippen LogP contribution in [-0.2, 0) is 17.1 Å². The second kappa shape index (κ2) is 8.40. The zero-order valence-corrected chi connectivity index (χ0v) is 5.97. The summed E-state index contributed by atoms with van der Waals surface area (Å²) >= 11 is 0. The first-order valence-corrected chi connectivity index (χ1v) is 2.68. The maximum atomic E-state index is 7.33. The van der Waals surface area contributed by atoms with Gasteiger partial charge < -0.3 is 19.2 Å². The van der Waals surface area contributed by atoms with E-state index >= 15 is 0 Å². The van der Waals surface area contributed by atoms with Gasteiger partial charge in [-0.2, -0.15) is 0 Å². The van der Waals surface area contributed by atoms with Crippen LogP contribution in [0.15, 0.2) is 0 Å². The van der Waals surface area contributed by atoms with E-state index in [4.69, 9.17) is 19.2 Å². The zero-order chi connectivity index (χ0) is 4.50. The van der Waals surface area contributed by atoms with Crippen LogP contribution in [0.1, 0.15) is 0 Å². The van der Waals surface area contributed by atoms with Gasteiger partial charge in [0.25, 0.3) is 0 Å². The summed E-state index contributed by atoms with van der Waals surface area (Å²) in [6.07, 6.45) is 0. The Hall–Kier alpha value is 1.40. The van der Waals surface area contributed by atoms with Gasteiger partial charge in [-0.3, -0.25) is 0 Å². The predicted octanol–water partition coefficient (Wildman–Crippen LogP) is -3.37. The SMILES string of the molecule is Cl.O[Si](O)(O)O.[AlH3].[Fe]. The standard InChI is InChI=1S/Al.ClH.Fe.H4O4Si.3H/c;;;1-5(2,3)4;;;/h;1H;;1-4H;;;. The maximum Gasteiger partial charge on any atom is 0.668 e. The smallest absolute Gasteiger partial charge is 0.368 e. The van der Waals surface area contributed by atoms with Crippen molar-refractivity contribution in [3.63, 3.8) is 0 Å². The molecule has 4 nitrogen and oxygen atoms in total. The molecule has 0 rings (SSSR count). The Morgan fingerprint density at radius 1 is 0.875 bits per heavy atom. The minimum absolute atomic E-state index is 0. The molecule has 0 aromatic carbocycles. The van der Waals surface area contributed by atoms with E-state index < -0.39 is 9.05 Å². The summed E-state index contributed by atoms with van der Waals surface area (Å²) < 4.78 is 0. The fraction of sp³-hybridized carbons (Fsp3) is 0. The zero-order valence-electron chi connectivity index (χ0n) is 3.05. The molecule has 0 aliphatic rings. The van der Waals surface area contributed by atoms with Gasteiger partial charge in [-0.25, -0.2) is 0 Å². The van der Waals surface area contributed by atoms with E-state index in [0.29, 0.717) is 0 Å². The molecule has 0 aromatic heterocycles. The van der Waals surface area contributed by atoms with Crippen molar-refractivity contribution in [1.82, 2.24) is 0 Å². The average Bonchev–Trinajstić information content (AvgIpc) is 0.722. The molecule has 8 heteroatoms. The fourth-order valence-corrected chi connectivity index (χ4v) is 0. The molecule has 54 valence electrons. The van der Waals surface area contributed by atoms with Crippen molar-refractivity contribution in [2.45, 2.75) is 0 Å². The average molecular weight is 218 g/mol. The molecule has 8 heavy (non-hydrogen) atoms. The molecule has 0 fully saturated rings. The third-order valence-corrected chi connectivity index (χ3v) is 0. The van der Waals surface area contributed by atoms with Crippen LogP contribution >= 0.6 is 12.4 Å². The van der Waals surface area contributed by atoms with Crippen LogP contribution in [-0.4, -0.2) is 45.6 Å². The van der Waals surface area contributed by atoms with Gasteiger partial charge >= 0.3 is 9.05 Å². The quantitative estimate of drug-likeness (QED) is 0.320. The molecule has 0 saturated carbocycles. The normalized spacial score (nSPS) is 7.50. The van der Waals surface area contributed by atoms with Gasteiger partial charge in [0, 0.05) is 17.1 Å². The number of hydrogen-bond donors (Lipinski definition) is 4. The van der Waals surface area contributed by atoms with Crippen molar-refractivity contribution in [3.8, 4) is 0 Å². The van der Waals surface area contributed by atoms with Crippen molar-refractivity contribution in [2.24, 2.45) is 0 Å². The molecule has 0 unspecified atom stereocenters. The molecule has 0 atom stereocenters. The van der Waals surface area contributed by atoms with Gasteiger partial charge in [-0.15, -0.1) is 12.4 Å². The summed E-state index contributed by atoms with van der Waals surface area (Å²) in [7, 11) is -4.61. The molecule has 0 radical (unpaired) electrons. The molecule has 0 amide bonds. The minimum atomic E-state index is -4.61. The predicted molar refractivity (Wildman–Crippen MR) is 31.8 cm³/mol. The van der Waals surface area contributed by atoms with Crippen LogP contribution < -0.4 is 0 Å². The monoisotopic (exact) mass is 218 g/mol. The summed E-state index contributed by atoms with van der Waals surface area (Å²) in [5, 5.41) is 0. The maximum absolute atomic E-state index is 7.33. The van der Waals surface area contributed by atoms with Crippen molar-refractivity contribution >= 4 is 38.8 Å². The van der Waals surface area contributed by atoms with E-state index in [2.05, 4.69) is 0 Å². The first-order chi connectivity index (χ1) is 2.00. The van der Waals surface area contributed by atoms with Gasteiger partial charge in [0.15, 0.2) is 17.4 Å². The van der Waals surface area contributed by atoms with Crippen molar-refractivity contribution in [1.29, 1.82) is 0 Å². The second-order valence-corrected chi connectivity index (χ2v) is 1.80. The summed E-state index contributed by atoms with van der Waals surface area (Å²) in [6, 6.07) is 0. The molecule has 0 heterocycles. The third-order valence-electron chi connectivity index (χ3n) is 0. The molecular formula is H8AlClFeO4Si. The first-order valence-electron chi connectivity index (χ1n) is 0.894. The molecular weight excluding hydrogens is 210 g/mol. The van der Waals surface area contributed by atoms with Gasteiger partial charge in [-0.1, -0.05) is 0 Å². The molecule has 0 aromatic rings. The van der Waals surface area contributed by atoms with E-state index in [1.807, 2.05) is 0 Å². The molecule has 0 spiro atoms. The van der Waals surface area contributed by atoms with E-state index in [-0.39, 0.29) is 46.8 Å². The molecule has 0 aliphatic heterocycles. The summed E-state index contributed by atoms with van der Waals surface area (Å²) in [4.78, 5) is 29.3. The van der Waals surface area contributed by atoms with Crippen LogP contribution in [0.4, 0.5) is 0 Å². The van der Waals surface area contributed by atoms with E-state index in [0.717, 1.165) is 0 Å². The van der Waals surface area contributed by atoms with E-state index in [1.54, 1.807) is 0 Å². The van der Waals surface area contributed by atoms with Crippen LogP contribution in [0.2, 0.25) is 0 Å². The number of rotatable bonds is 0. The largest absolute Gasteiger partial charge is 0.668 e. The third kappa shape index (κ3) is 155. The summed E-state index contributed by atoms with van der Waals surface area (Å²) in [6.45, 7) is 0. The Labute approximate surface area is 75.0 Å². The van der Waals surface area contributed by atoms with Crippen molar-refractivity contribution in [2.75, 3.05) is 0 Å².